The lowest BCUT2D eigenvalue weighted by Gasteiger charge is -2.27. The highest BCUT2D eigenvalue weighted by atomic mass is 16.2. The van der Waals surface area contributed by atoms with Gasteiger partial charge in [0.1, 0.15) is 0 Å². The molecule has 0 unspecified atom stereocenters. The molecule has 0 radical (unpaired) electrons. The maximum Gasteiger partial charge on any atom is 0.261 e. The minimum absolute atomic E-state index is 0.137. The van der Waals surface area contributed by atoms with Gasteiger partial charge in [-0.2, -0.15) is 10.5 Å². The fraction of sp³-hybridized carbons (Fsp3) is 0.318. The summed E-state index contributed by atoms with van der Waals surface area (Å²) in [6, 6.07) is 14.7. The molecule has 0 aliphatic carbocycles. The average molecular weight is 388 g/mol. The number of benzene rings is 2. The van der Waals surface area contributed by atoms with Crippen molar-refractivity contribution in [3.63, 3.8) is 0 Å². The van der Waals surface area contributed by atoms with Gasteiger partial charge < -0.3 is 4.90 Å². The molecule has 1 heterocycles. The monoisotopic (exact) mass is 388 g/mol. The summed E-state index contributed by atoms with van der Waals surface area (Å²) in [7, 11) is 0. The Bertz CT molecular complexity index is 979. The first-order chi connectivity index (χ1) is 14.1. The molecule has 0 N–H and O–H groups in total. The van der Waals surface area contributed by atoms with E-state index < -0.39 is 0 Å². The molecule has 3 amide bonds. The van der Waals surface area contributed by atoms with Crippen molar-refractivity contribution in [2.45, 2.75) is 25.7 Å². The van der Waals surface area contributed by atoms with E-state index in [1.165, 1.54) is 9.80 Å². The number of nitriles is 2. The van der Waals surface area contributed by atoms with Crippen molar-refractivity contribution in [2.75, 3.05) is 19.6 Å². The lowest BCUT2D eigenvalue weighted by molar-refractivity contribution is -0.131. The van der Waals surface area contributed by atoms with Crippen LogP contribution in [0.15, 0.2) is 36.4 Å². The summed E-state index contributed by atoms with van der Waals surface area (Å²) in [6.07, 6.45) is 0.853. The molecule has 7 heteroatoms. The molecule has 3 rings (SSSR count). The summed E-state index contributed by atoms with van der Waals surface area (Å²) in [4.78, 5) is 40.8. The topological polar surface area (TPSA) is 105 Å². The number of nitrogens with zero attached hydrogens (tertiary/aromatic N) is 4. The number of hydrogen-bond donors (Lipinski definition) is 0. The van der Waals surface area contributed by atoms with Crippen molar-refractivity contribution in [1.29, 1.82) is 10.5 Å². The molecule has 146 valence electrons. The summed E-state index contributed by atoms with van der Waals surface area (Å²) >= 11 is 0. The van der Waals surface area contributed by atoms with Crippen molar-refractivity contribution in [1.82, 2.24) is 9.80 Å². The Morgan fingerprint density at radius 2 is 1.48 bits per heavy atom. The van der Waals surface area contributed by atoms with E-state index in [0.29, 0.717) is 22.9 Å². The number of carbonyl (C=O) groups excluding carboxylic acids is 3. The van der Waals surface area contributed by atoms with Crippen LogP contribution in [-0.4, -0.2) is 47.2 Å². The maximum atomic E-state index is 12.8. The highest BCUT2D eigenvalue weighted by Crippen LogP contribution is 2.30. The van der Waals surface area contributed by atoms with E-state index in [2.05, 4.69) is 0 Å². The summed E-state index contributed by atoms with van der Waals surface area (Å²) in [5.74, 6) is -0.884. The van der Waals surface area contributed by atoms with Gasteiger partial charge in [-0.1, -0.05) is 24.3 Å². The predicted octanol–water partition coefficient (Wildman–Crippen LogP) is 2.87. The maximum absolute atomic E-state index is 12.8. The lowest BCUT2D eigenvalue weighted by Crippen LogP contribution is -2.41. The van der Waals surface area contributed by atoms with Gasteiger partial charge in [-0.15, -0.1) is 0 Å². The third-order valence-electron chi connectivity index (χ3n) is 4.97. The number of carbonyl (C=O) groups is 3. The molecule has 2 aromatic rings. The Kier molecular flexibility index (Phi) is 6.21. The van der Waals surface area contributed by atoms with Gasteiger partial charge in [0, 0.05) is 42.6 Å². The normalized spacial score (nSPS) is 12.6. The van der Waals surface area contributed by atoms with Gasteiger partial charge in [0.2, 0.25) is 5.91 Å². The van der Waals surface area contributed by atoms with Gasteiger partial charge in [0.15, 0.2) is 0 Å². The zero-order valence-corrected chi connectivity index (χ0v) is 15.9. The van der Waals surface area contributed by atoms with Crippen molar-refractivity contribution >= 4 is 28.5 Å². The molecule has 0 spiro atoms. The zero-order chi connectivity index (χ0) is 20.8. The van der Waals surface area contributed by atoms with Crippen LogP contribution in [0.3, 0.4) is 0 Å². The predicted molar refractivity (Wildman–Crippen MR) is 106 cm³/mol. The summed E-state index contributed by atoms with van der Waals surface area (Å²) in [6.45, 7) is 0.681. The second kappa shape index (κ2) is 8.99. The SMILES string of the molecule is N#CCCN(CCC#N)C(=O)CCCN1C(=O)c2cccc3cccc(c23)C1=O. The van der Waals surface area contributed by atoms with E-state index in [0.717, 1.165) is 5.39 Å². The molecular formula is C22H20N4O3. The third-order valence-corrected chi connectivity index (χ3v) is 4.97. The van der Waals surface area contributed by atoms with Gasteiger partial charge in [-0.3, -0.25) is 19.3 Å². The smallest absolute Gasteiger partial charge is 0.261 e. The number of amides is 3. The van der Waals surface area contributed by atoms with Crippen LogP contribution in [0.2, 0.25) is 0 Å². The van der Waals surface area contributed by atoms with Crippen molar-refractivity contribution in [2.24, 2.45) is 0 Å². The van der Waals surface area contributed by atoms with Crippen molar-refractivity contribution < 1.29 is 14.4 Å². The third kappa shape index (κ3) is 4.09. The first-order valence-corrected chi connectivity index (χ1v) is 9.48. The molecule has 1 aliphatic rings. The van der Waals surface area contributed by atoms with Gasteiger partial charge in [-0.05, 0) is 23.9 Å². The molecule has 0 atom stereocenters. The first-order valence-electron chi connectivity index (χ1n) is 9.48. The van der Waals surface area contributed by atoms with Crippen LogP contribution in [0.4, 0.5) is 0 Å². The number of hydrogen-bond acceptors (Lipinski definition) is 5. The number of rotatable bonds is 8. The van der Waals surface area contributed by atoms with Gasteiger partial charge >= 0.3 is 0 Å². The Morgan fingerprint density at radius 3 is 2.00 bits per heavy atom. The molecule has 2 aromatic carbocycles. The minimum Gasteiger partial charge on any atom is -0.341 e. The van der Waals surface area contributed by atoms with Crippen molar-refractivity contribution in [3.8, 4) is 12.1 Å². The standard InChI is InChI=1S/C22H20N4O3/c23-11-4-13-25(14-5-12-24)19(27)10-3-15-26-21(28)17-8-1-6-16-7-2-9-18(20(16)17)22(26)29/h1-2,6-9H,3-5,10,13-15H2. The molecule has 7 nitrogen and oxygen atoms in total. The fourth-order valence-electron chi connectivity index (χ4n) is 3.56. The summed E-state index contributed by atoms with van der Waals surface area (Å²) in [5.41, 5.74) is 0.988. The van der Waals surface area contributed by atoms with Gasteiger partial charge in [0.05, 0.1) is 25.0 Å². The second-order valence-corrected chi connectivity index (χ2v) is 6.77. The molecule has 0 aromatic heterocycles. The minimum atomic E-state index is -0.349. The molecule has 0 fully saturated rings. The fourth-order valence-corrected chi connectivity index (χ4v) is 3.56. The van der Waals surface area contributed by atoms with E-state index >= 15 is 0 Å². The van der Waals surface area contributed by atoms with Crippen LogP contribution in [0.1, 0.15) is 46.4 Å². The van der Waals surface area contributed by atoms with Gasteiger partial charge in [0.25, 0.3) is 11.8 Å². The number of imide groups is 1. The van der Waals surface area contributed by atoms with Crippen LogP contribution < -0.4 is 0 Å². The average Bonchev–Trinajstić information content (AvgIpc) is 2.74. The molecule has 0 saturated heterocycles. The first kappa shape index (κ1) is 20.0. The highest BCUT2D eigenvalue weighted by Gasteiger charge is 2.32. The molecule has 29 heavy (non-hydrogen) atoms. The van der Waals surface area contributed by atoms with E-state index in [1.54, 1.807) is 24.3 Å². The van der Waals surface area contributed by atoms with E-state index in [-0.39, 0.29) is 56.6 Å². The summed E-state index contributed by atoms with van der Waals surface area (Å²) < 4.78 is 0. The van der Waals surface area contributed by atoms with Crippen LogP contribution in [-0.2, 0) is 4.79 Å². The van der Waals surface area contributed by atoms with E-state index in [1.807, 2.05) is 24.3 Å². The molecule has 0 bridgehead atoms. The Balaban J connectivity index is 1.68. The highest BCUT2D eigenvalue weighted by molar-refractivity contribution is 6.25. The van der Waals surface area contributed by atoms with Crippen molar-refractivity contribution in [3.05, 3.63) is 47.5 Å². The van der Waals surface area contributed by atoms with Gasteiger partial charge in [-0.25, -0.2) is 0 Å². The largest absolute Gasteiger partial charge is 0.341 e. The van der Waals surface area contributed by atoms with Crippen LogP contribution in [0.5, 0.6) is 0 Å². The molecular weight excluding hydrogens is 368 g/mol. The second-order valence-electron chi connectivity index (χ2n) is 6.77. The zero-order valence-electron chi connectivity index (χ0n) is 15.9. The Morgan fingerprint density at radius 1 is 0.931 bits per heavy atom. The van der Waals surface area contributed by atoms with E-state index in [4.69, 9.17) is 10.5 Å². The Hall–Kier alpha value is -3.71. The lowest BCUT2D eigenvalue weighted by atomic mass is 9.94. The van der Waals surface area contributed by atoms with E-state index in [9.17, 15) is 14.4 Å². The molecule has 1 aliphatic heterocycles. The van der Waals surface area contributed by atoms with Crippen LogP contribution in [0, 0.1) is 22.7 Å². The molecule has 0 saturated carbocycles. The summed E-state index contributed by atoms with van der Waals surface area (Å²) in [5, 5.41) is 19.0. The van der Waals surface area contributed by atoms with Crippen LogP contribution >= 0.6 is 0 Å². The quantitative estimate of drug-likeness (QED) is 0.647. The Labute approximate surface area is 168 Å². The van der Waals surface area contributed by atoms with Crippen LogP contribution in [0.25, 0.3) is 10.8 Å².